The molecule has 2 aromatic rings. The average Bonchev–Trinajstić information content (AvgIpc) is 2.91. The van der Waals surface area contributed by atoms with E-state index in [-0.39, 0.29) is 5.91 Å². The number of benzene rings is 1. The van der Waals surface area contributed by atoms with Crippen LogP contribution in [-0.2, 0) is 0 Å². The van der Waals surface area contributed by atoms with Crippen molar-refractivity contribution in [2.24, 2.45) is 5.73 Å². The molecule has 4 nitrogen and oxygen atoms in total. The molecule has 1 aromatic carbocycles. The van der Waals surface area contributed by atoms with Crippen LogP contribution in [0.15, 0.2) is 30.5 Å². The second-order valence-corrected chi connectivity index (χ2v) is 5.61. The van der Waals surface area contributed by atoms with Gasteiger partial charge in [-0.2, -0.15) is 0 Å². The summed E-state index contributed by atoms with van der Waals surface area (Å²) >= 11 is 0. The second kappa shape index (κ2) is 5.74. The lowest BCUT2D eigenvalue weighted by molar-refractivity contribution is 0.100. The fourth-order valence-corrected chi connectivity index (χ4v) is 3.01. The Hall–Kier alpha value is -2.07. The van der Waals surface area contributed by atoms with Crippen molar-refractivity contribution in [1.29, 1.82) is 0 Å². The number of carbonyl (C=O) groups is 1. The van der Waals surface area contributed by atoms with Gasteiger partial charge in [-0.15, -0.1) is 0 Å². The van der Waals surface area contributed by atoms with Crippen LogP contribution in [0.1, 0.15) is 35.7 Å². The van der Waals surface area contributed by atoms with Gasteiger partial charge >= 0.3 is 0 Å². The molecular weight excluding hydrogens is 262 g/mol. The zero-order valence-corrected chi connectivity index (χ0v) is 12.4. The van der Waals surface area contributed by atoms with Crippen molar-refractivity contribution in [3.63, 3.8) is 0 Å². The fourth-order valence-electron chi connectivity index (χ4n) is 3.01. The quantitative estimate of drug-likeness (QED) is 0.906. The number of nitrogens with zero attached hydrogens (tertiary/aromatic N) is 1. The predicted molar refractivity (Wildman–Crippen MR) is 86.1 cm³/mol. The number of fused-ring (bicyclic) bond motifs is 1. The van der Waals surface area contributed by atoms with Crippen LogP contribution in [-0.4, -0.2) is 35.4 Å². The number of hydrogen-bond donors (Lipinski definition) is 2. The number of carbonyl (C=O) groups excluding carboxylic acids is 1. The maximum atomic E-state index is 11.4. The monoisotopic (exact) mass is 283 g/mol. The Labute approximate surface area is 124 Å². The highest BCUT2D eigenvalue weighted by molar-refractivity contribution is 6.00. The minimum Gasteiger partial charge on any atom is -0.366 e. The van der Waals surface area contributed by atoms with Gasteiger partial charge < -0.3 is 10.7 Å². The number of primary amides is 1. The van der Waals surface area contributed by atoms with Crippen LogP contribution in [0.5, 0.6) is 0 Å². The third kappa shape index (κ3) is 2.72. The van der Waals surface area contributed by atoms with Gasteiger partial charge in [-0.05, 0) is 43.2 Å². The minimum atomic E-state index is -0.379. The van der Waals surface area contributed by atoms with E-state index < -0.39 is 0 Å². The largest absolute Gasteiger partial charge is 0.366 e. The number of rotatable bonds is 4. The van der Waals surface area contributed by atoms with E-state index in [1.807, 2.05) is 18.3 Å². The van der Waals surface area contributed by atoms with Crippen LogP contribution in [0.2, 0.25) is 0 Å². The summed E-state index contributed by atoms with van der Waals surface area (Å²) in [7, 11) is 0. The first-order chi connectivity index (χ1) is 10.2. The summed E-state index contributed by atoms with van der Waals surface area (Å²) in [5.74, 6) is -0.379. The van der Waals surface area contributed by atoms with E-state index in [0.717, 1.165) is 37.0 Å². The van der Waals surface area contributed by atoms with Gasteiger partial charge in [0.2, 0.25) is 5.91 Å². The fraction of sp³-hybridized carbons (Fsp3) is 0.353. The summed E-state index contributed by atoms with van der Waals surface area (Å²) < 4.78 is 0. The van der Waals surface area contributed by atoms with Crippen LogP contribution in [0.3, 0.4) is 0 Å². The van der Waals surface area contributed by atoms with Gasteiger partial charge in [-0.3, -0.25) is 9.69 Å². The van der Waals surface area contributed by atoms with Gasteiger partial charge in [0, 0.05) is 41.3 Å². The van der Waals surface area contributed by atoms with Crippen molar-refractivity contribution in [3.8, 4) is 0 Å². The molecule has 0 fully saturated rings. The Morgan fingerprint density at radius 3 is 2.95 bits per heavy atom. The average molecular weight is 283 g/mol. The van der Waals surface area contributed by atoms with Crippen LogP contribution in [0.4, 0.5) is 0 Å². The minimum absolute atomic E-state index is 0.379. The molecule has 1 aliphatic rings. The molecular formula is C17H21N3O. The van der Waals surface area contributed by atoms with E-state index in [4.69, 9.17) is 5.73 Å². The SMILES string of the molecule is CCCN1CC=C(c2c[nH]c3ccc(C(N)=O)cc23)CC1. The standard InChI is InChI=1S/C17H21N3O/c1-2-7-20-8-5-12(6-9-20)15-11-19-16-4-3-13(17(18)21)10-14(15)16/h3-5,10-11,19H,2,6-9H2,1H3,(H2,18,21). The molecule has 110 valence electrons. The molecule has 3 rings (SSSR count). The second-order valence-electron chi connectivity index (χ2n) is 5.61. The van der Waals surface area contributed by atoms with E-state index in [2.05, 4.69) is 22.9 Å². The van der Waals surface area contributed by atoms with Crippen molar-refractivity contribution in [2.45, 2.75) is 19.8 Å². The molecule has 0 radical (unpaired) electrons. The summed E-state index contributed by atoms with van der Waals surface area (Å²) in [4.78, 5) is 17.1. The Kier molecular flexibility index (Phi) is 3.80. The van der Waals surface area contributed by atoms with Gasteiger partial charge in [0.25, 0.3) is 0 Å². The van der Waals surface area contributed by atoms with E-state index in [1.165, 1.54) is 17.6 Å². The third-order valence-corrected chi connectivity index (χ3v) is 4.15. The lowest BCUT2D eigenvalue weighted by atomic mass is 9.98. The normalized spacial score (nSPS) is 16.1. The first-order valence-electron chi connectivity index (χ1n) is 7.51. The van der Waals surface area contributed by atoms with E-state index in [9.17, 15) is 4.79 Å². The van der Waals surface area contributed by atoms with Crippen LogP contribution < -0.4 is 5.73 Å². The molecule has 0 spiro atoms. The highest BCUT2D eigenvalue weighted by atomic mass is 16.1. The topological polar surface area (TPSA) is 62.1 Å². The van der Waals surface area contributed by atoms with Crippen molar-refractivity contribution in [2.75, 3.05) is 19.6 Å². The van der Waals surface area contributed by atoms with Gasteiger partial charge in [0.1, 0.15) is 0 Å². The van der Waals surface area contributed by atoms with Gasteiger partial charge in [-0.25, -0.2) is 0 Å². The number of amides is 1. The van der Waals surface area contributed by atoms with Gasteiger partial charge in [0.05, 0.1) is 0 Å². The first-order valence-corrected chi connectivity index (χ1v) is 7.51. The molecule has 0 atom stereocenters. The summed E-state index contributed by atoms with van der Waals surface area (Å²) in [5.41, 5.74) is 9.55. The lowest BCUT2D eigenvalue weighted by Crippen LogP contribution is -2.29. The zero-order valence-electron chi connectivity index (χ0n) is 12.4. The molecule has 0 bridgehead atoms. The molecule has 0 unspecified atom stereocenters. The van der Waals surface area contributed by atoms with Gasteiger partial charge in [0.15, 0.2) is 0 Å². The lowest BCUT2D eigenvalue weighted by Gasteiger charge is -2.25. The number of nitrogens with two attached hydrogens (primary N) is 1. The summed E-state index contributed by atoms with van der Waals surface area (Å²) in [6, 6.07) is 5.58. The van der Waals surface area contributed by atoms with Crippen LogP contribution >= 0.6 is 0 Å². The molecule has 2 heterocycles. The molecule has 21 heavy (non-hydrogen) atoms. The number of nitrogens with one attached hydrogen (secondary N) is 1. The van der Waals surface area contributed by atoms with Crippen molar-refractivity contribution in [1.82, 2.24) is 9.88 Å². The van der Waals surface area contributed by atoms with E-state index in [0.29, 0.717) is 5.56 Å². The van der Waals surface area contributed by atoms with Crippen molar-refractivity contribution >= 4 is 22.4 Å². The Morgan fingerprint density at radius 1 is 1.43 bits per heavy atom. The molecule has 0 saturated heterocycles. The van der Waals surface area contributed by atoms with E-state index in [1.54, 1.807) is 6.07 Å². The summed E-state index contributed by atoms with van der Waals surface area (Å²) in [6.07, 6.45) is 6.58. The Balaban J connectivity index is 1.94. The van der Waals surface area contributed by atoms with Crippen LogP contribution in [0.25, 0.3) is 16.5 Å². The molecule has 1 aliphatic heterocycles. The molecule has 0 saturated carbocycles. The third-order valence-electron chi connectivity index (χ3n) is 4.15. The van der Waals surface area contributed by atoms with Gasteiger partial charge in [-0.1, -0.05) is 13.0 Å². The van der Waals surface area contributed by atoms with Crippen LogP contribution in [0, 0.1) is 0 Å². The number of hydrogen-bond acceptors (Lipinski definition) is 2. The molecule has 1 aromatic heterocycles. The highest BCUT2D eigenvalue weighted by Gasteiger charge is 2.15. The molecule has 4 heteroatoms. The molecule has 0 aliphatic carbocycles. The summed E-state index contributed by atoms with van der Waals surface area (Å²) in [5, 5.41) is 1.08. The molecule has 1 amide bonds. The number of H-pyrrole nitrogens is 1. The number of aromatic amines is 1. The van der Waals surface area contributed by atoms with E-state index >= 15 is 0 Å². The highest BCUT2D eigenvalue weighted by Crippen LogP contribution is 2.29. The zero-order chi connectivity index (χ0) is 14.8. The van der Waals surface area contributed by atoms with Crippen molar-refractivity contribution in [3.05, 3.63) is 41.6 Å². The predicted octanol–water partition coefficient (Wildman–Crippen LogP) is 2.77. The Bertz CT molecular complexity index is 699. The Morgan fingerprint density at radius 2 is 2.29 bits per heavy atom. The first kappa shape index (κ1) is 13.9. The van der Waals surface area contributed by atoms with Crippen molar-refractivity contribution < 1.29 is 4.79 Å². The maximum Gasteiger partial charge on any atom is 0.248 e. The summed E-state index contributed by atoms with van der Waals surface area (Å²) in [6.45, 7) is 5.47. The molecule has 3 N–H and O–H groups in total. The smallest absolute Gasteiger partial charge is 0.248 e. The number of aromatic nitrogens is 1. The maximum absolute atomic E-state index is 11.4.